The predicted molar refractivity (Wildman–Crippen MR) is 49.0 cm³/mol. The molecule has 0 atom stereocenters. The second kappa shape index (κ2) is 3.74. The molecule has 1 aliphatic rings. The fourth-order valence-corrected chi connectivity index (χ4v) is 1.51. The van der Waals surface area contributed by atoms with Crippen LogP contribution >= 0.6 is 0 Å². The number of hydrogen-bond donors (Lipinski definition) is 0. The second-order valence-corrected chi connectivity index (χ2v) is 3.52. The lowest BCUT2D eigenvalue weighted by Gasteiger charge is -2.21. The molecular formula is C9H18N2. The molecule has 1 heterocycles. The van der Waals surface area contributed by atoms with Gasteiger partial charge in [0.1, 0.15) is 5.84 Å². The summed E-state index contributed by atoms with van der Waals surface area (Å²) in [5.74, 6) is 1.86. The van der Waals surface area contributed by atoms with Crippen LogP contribution < -0.4 is 0 Å². The van der Waals surface area contributed by atoms with Crippen molar-refractivity contribution in [3.8, 4) is 0 Å². The van der Waals surface area contributed by atoms with Gasteiger partial charge in [-0.2, -0.15) is 0 Å². The van der Waals surface area contributed by atoms with E-state index in [1.165, 1.54) is 25.2 Å². The Balaban J connectivity index is 2.62. The van der Waals surface area contributed by atoms with Crippen LogP contribution in [0.1, 0.15) is 26.7 Å². The summed E-state index contributed by atoms with van der Waals surface area (Å²) in [7, 11) is 2.14. The van der Waals surface area contributed by atoms with Crippen LogP contribution in [0.2, 0.25) is 0 Å². The van der Waals surface area contributed by atoms with Crippen LogP contribution in [0.25, 0.3) is 0 Å². The molecule has 0 aromatic rings. The van der Waals surface area contributed by atoms with E-state index in [9.17, 15) is 0 Å². The molecule has 0 radical (unpaired) electrons. The van der Waals surface area contributed by atoms with E-state index in [0.29, 0.717) is 5.92 Å². The summed E-state index contributed by atoms with van der Waals surface area (Å²) < 4.78 is 0. The SMILES string of the molecule is CC(C)C1=NCCCCN1C. The highest BCUT2D eigenvalue weighted by Crippen LogP contribution is 2.08. The topological polar surface area (TPSA) is 15.6 Å². The van der Waals surface area contributed by atoms with Gasteiger partial charge < -0.3 is 4.90 Å². The molecule has 0 aromatic carbocycles. The van der Waals surface area contributed by atoms with E-state index in [2.05, 4.69) is 30.8 Å². The Morgan fingerprint density at radius 3 is 2.73 bits per heavy atom. The third-order valence-corrected chi connectivity index (χ3v) is 2.08. The van der Waals surface area contributed by atoms with E-state index >= 15 is 0 Å². The number of hydrogen-bond acceptors (Lipinski definition) is 2. The van der Waals surface area contributed by atoms with Crippen molar-refractivity contribution < 1.29 is 0 Å². The third kappa shape index (κ3) is 2.21. The molecule has 11 heavy (non-hydrogen) atoms. The number of amidine groups is 1. The Labute approximate surface area is 69.3 Å². The quantitative estimate of drug-likeness (QED) is 0.562. The van der Waals surface area contributed by atoms with E-state index in [-0.39, 0.29) is 0 Å². The molecule has 2 nitrogen and oxygen atoms in total. The second-order valence-electron chi connectivity index (χ2n) is 3.52. The van der Waals surface area contributed by atoms with Crippen molar-refractivity contribution in [2.75, 3.05) is 20.1 Å². The van der Waals surface area contributed by atoms with Crippen molar-refractivity contribution in [1.82, 2.24) is 4.90 Å². The fraction of sp³-hybridized carbons (Fsp3) is 0.889. The van der Waals surface area contributed by atoms with Crippen molar-refractivity contribution in [1.29, 1.82) is 0 Å². The molecule has 0 unspecified atom stereocenters. The maximum absolute atomic E-state index is 4.55. The Kier molecular flexibility index (Phi) is 2.92. The molecule has 0 N–H and O–H groups in total. The molecule has 0 bridgehead atoms. The van der Waals surface area contributed by atoms with E-state index in [4.69, 9.17) is 0 Å². The van der Waals surface area contributed by atoms with Gasteiger partial charge in [0, 0.05) is 26.1 Å². The van der Waals surface area contributed by atoms with E-state index < -0.39 is 0 Å². The molecular weight excluding hydrogens is 136 g/mol. The van der Waals surface area contributed by atoms with Crippen LogP contribution in [-0.4, -0.2) is 30.9 Å². The lowest BCUT2D eigenvalue weighted by atomic mass is 10.2. The van der Waals surface area contributed by atoms with Crippen LogP contribution in [-0.2, 0) is 0 Å². The Hall–Kier alpha value is -0.530. The largest absolute Gasteiger partial charge is 0.363 e. The highest BCUT2D eigenvalue weighted by Gasteiger charge is 2.12. The molecule has 0 fully saturated rings. The number of nitrogens with zero attached hydrogens (tertiary/aromatic N) is 2. The average molecular weight is 154 g/mol. The summed E-state index contributed by atoms with van der Waals surface area (Å²) in [5, 5.41) is 0. The maximum atomic E-state index is 4.55. The average Bonchev–Trinajstić information content (AvgIpc) is 2.13. The normalized spacial score (nSPS) is 20.0. The minimum Gasteiger partial charge on any atom is -0.363 e. The van der Waals surface area contributed by atoms with Gasteiger partial charge in [-0.25, -0.2) is 0 Å². The summed E-state index contributed by atoms with van der Waals surface area (Å²) >= 11 is 0. The van der Waals surface area contributed by atoms with E-state index in [0.717, 1.165) is 6.54 Å². The first-order valence-corrected chi connectivity index (χ1v) is 4.47. The first-order valence-electron chi connectivity index (χ1n) is 4.47. The maximum Gasteiger partial charge on any atom is 0.101 e. The summed E-state index contributed by atoms with van der Waals surface area (Å²) in [5.41, 5.74) is 0. The third-order valence-electron chi connectivity index (χ3n) is 2.08. The number of aliphatic imine (C=N–C) groups is 1. The van der Waals surface area contributed by atoms with E-state index in [1.807, 2.05) is 0 Å². The van der Waals surface area contributed by atoms with Crippen LogP contribution in [0.3, 0.4) is 0 Å². The Morgan fingerprint density at radius 1 is 1.36 bits per heavy atom. The summed E-state index contributed by atoms with van der Waals surface area (Å²) in [6, 6.07) is 0. The molecule has 0 aromatic heterocycles. The van der Waals surface area contributed by atoms with Crippen LogP contribution in [0, 0.1) is 5.92 Å². The summed E-state index contributed by atoms with van der Waals surface area (Å²) in [6.45, 7) is 6.62. The van der Waals surface area contributed by atoms with Crippen molar-refractivity contribution in [2.45, 2.75) is 26.7 Å². The molecule has 0 saturated carbocycles. The van der Waals surface area contributed by atoms with Crippen LogP contribution in [0.15, 0.2) is 4.99 Å². The number of rotatable bonds is 1. The van der Waals surface area contributed by atoms with Gasteiger partial charge in [0.25, 0.3) is 0 Å². The molecule has 1 rings (SSSR count). The highest BCUT2D eigenvalue weighted by molar-refractivity contribution is 5.84. The van der Waals surface area contributed by atoms with Crippen LogP contribution in [0.4, 0.5) is 0 Å². The molecule has 0 aliphatic carbocycles. The zero-order valence-electron chi connectivity index (χ0n) is 7.80. The molecule has 0 spiro atoms. The summed E-state index contributed by atoms with van der Waals surface area (Å²) in [4.78, 5) is 6.84. The molecule has 0 saturated heterocycles. The van der Waals surface area contributed by atoms with Gasteiger partial charge in [0.15, 0.2) is 0 Å². The zero-order chi connectivity index (χ0) is 8.27. The molecule has 0 amide bonds. The fourth-order valence-electron chi connectivity index (χ4n) is 1.51. The Bertz CT molecular complexity index is 150. The standard InChI is InChI=1S/C9H18N2/c1-8(2)9-10-6-4-5-7-11(9)3/h8H,4-7H2,1-3H3. The van der Waals surface area contributed by atoms with Crippen molar-refractivity contribution in [3.05, 3.63) is 0 Å². The lowest BCUT2D eigenvalue weighted by molar-refractivity contribution is 0.473. The van der Waals surface area contributed by atoms with Crippen molar-refractivity contribution in [2.24, 2.45) is 10.9 Å². The Morgan fingerprint density at radius 2 is 2.09 bits per heavy atom. The van der Waals surface area contributed by atoms with Gasteiger partial charge in [-0.1, -0.05) is 13.8 Å². The predicted octanol–water partition coefficient (Wildman–Crippen LogP) is 1.77. The first-order chi connectivity index (χ1) is 5.22. The smallest absolute Gasteiger partial charge is 0.101 e. The minimum atomic E-state index is 0.582. The van der Waals surface area contributed by atoms with Crippen LogP contribution in [0.5, 0.6) is 0 Å². The highest BCUT2D eigenvalue weighted by atomic mass is 15.2. The van der Waals surface area contributed by atoms with E-state index in [1.54, 1.807) is 0 Å². The van der Waals surface area contributed by atoms with Gasteiger partial charge in [-0.15, -0.1) is 0 Å². The molecule has 1 aliphatic heterocycles. The van der Waals surface area contributed by atoms with Gasteiger partial charge >= 0.3 is 0 Å². The van der Waals surface area contributed by atoms with Gasteiger partial charge in [-0.05, 0) is 12.8 Å². The zero-order valence-corrected chi connectivity index (χ0v) is 7.80. The van der Waals surface area contributed by atoms with Crippen molar-refractivity contribution in [3.63, 3.8) is 0 Å². The van der Waals surface area contributed by atoms with Crippen molar-refractivity contribution >= 4 is 5.84 Å². The van der Waals surface area contributed by atoms with Gasteiger partial charge in [0.05, 0.1) is 0 Å². The minimum absolute atomic E-state index is 0.582. The van der Waals surface area contributed by atoms with Gasteiger partial charge in [-0.3, -0.25) is 4.99 Å². The molecule has 64 valence electrons. The lowest BCUT2D eigenvalue weighted by Crippen LogP contribution is -2.30. The first kappa shape index (κ1) is 8.57. The monoisotopic (exact) mass is 154 g/mol. The molecule has 2 heteroatoms. The van der Waals surface area contributed by atoms with Gasteiger partial charge in [0.2, 0.25) is 0 Å². The summed E-state index contributed by atoms with van der Waals surface area (Å²) in [6.07, 6.45) is 2.54.